The van der Waals surface area contributed by atoms with Crippen LogP contribution in [-0.2, 0) is 0 Å². The molecule has 0 fully saturated rings. The van der Waals surface area contributed by atoms with E-state index in [9.17, 15) is 0 Å². The lowest BCUT2D eigenvalue weighted by Gasteiger charge is -2.12. The second-order valence-corrected chi connectivity index (χ2v) is 4.92. The maximum Gasteiger partial charge on any atom is 0.178 e. The Labute approximate surface area is 98.7 Å². The van der Waals surface area contributed by atoms with Crippen molar-refractivity contribution in [3.05, 3.63) is 29.0 Å². The third-order valence-electron chi connectivity index (χ3n) is 2.47. The summed E-state index contributed by atoms with van der Waals surface area (Å²) in [4.78, 5) is 3.23. The van der Waals surface area contributed by atoms with Crippen LogP contribution in [0.25, 0.3) is 11.0 Å². The first-order chi connectivity index (χ1) is 7.24. The quantitative estimate of drug-likeness (QED) is 0.824. The van der Waals surface area contributed by atoms with Gasteiger partial charge in [-0.2, -0.15) is 11.8 Å². The Morgan fingerprint density at radius 3 is 2.93 bits per heavy atom. The molecule has 1 aromatic heterocycles. The molecule has 0 saturated heterocycles. The fourth-order valence-electron chi connectivity index (χ4n) is 1.83. The Kier molecular flexibility index (Phi) is 3.17. The number of nitrogens with one attached hydrogen (secondary N) is 1. The third kappa shape index (κ3) is 1.96. The van der Waals surface area contributed by atoms with Crippen molar-refractivity contribution in [1.82, 2.24) is 9.55 Å². The van der Waals surface area contributed by atoms with E-state index >= 15 is 0 Å². The van der Waals surface area contributed by atoms with Crippen molar-refractivity contribution in [3.8, 4) is 0 Å². The summed E-state index contributed by atoms with van der Waals surface area (Å²) in [6.45, 7) is 2.20. The molecule has 0 bridgehead atoms. The molecule has 2 rings (SSSR count). The molecule has 0 radical (unpaired) electrons. The molecule has 1 N–H and O–H groups in total. The fraction of sp³-hybridized carbons (Fsp3) is 0.364. The summed E-state index contributed by atoms with van der Waals surface area (Å²) in [5.74, 6) is 1.08. The number of aromatic amines is 1. The minimum absolute atomic E-state index is 0.434. The average molecular weight is 238 g/mol. The lowest BCUT2D eigenvalue weighted by Crippen LogP contribution is -2.07. The molecule has 0 amide bonds. The van der Waals surface area contributed by atoms with E-state index in [2.05, 4.69) is 34.9 Å². The Hall–Kier alpha value is -0.740. The summed E-state index contributed by atoms with van der Waals surface area (Å²) < 4.78 is 3.01. The number of rotatable bonds is 3. The van der Waals surface area contributed by atoms with Crippen LogP contribution in [0.3, 0.4) is 0 Å². The normalized spacial score (nSPS) is 13.2. The second-order valence-electron chi connectivity index (χ2n) is 3.62. The van der Waals surface area contributed by atoms with Gasteiger partial charge in [0, 0.05) is 11.8 Å². The van der Waals surface area contributed by atoms with Gasteiger partial charge in [-0.3, -0.25) is 0 Å². The number of hydrogen-bond donors (Lipinski definition) is 1. The molecule has 1 heterocycles. The van der Waals surface area contributed by atoms with E-state index in [0.29, 0.717) is 6.04 Å². The van der Waals surface area contributed by atoms with Crippen LogP contribution >= 0.6 is 24.0 Å². The van der Waals surface area contributed by atoms with E-state index in [1.165, 1.54) is 5.52 Å². The minimum Gasteiger partial charge on any atom is -0.331 e. The highest BCUT2D eigenvalue weighted by atomic mass is 32.2. The van der Waals surface area contributed by atoms with E-state index in [1.54, 1.807) is 0 Å². The largest absolute Gasteiger partial charge is 0.331 e. The van der Waals surface area contributed by atoms with Gasteiger partial charge in [0.25, 0.3) is 0 Å². The minimum atomic E-state index is 0.434. The molecule has 1 atom stereocenters. The molecule has 0 aliphatic rings. The van der Waals surface area contributed by atoms with Crippen LogP contribution in [0, 0.1) is 4.77 Å². The van der Waals surface area contributed by atoms with Crippen molar-refractivity contribution in [1.29, 1.82) is 0 Å². The van der Waals surface area contributed by atoms with Crippen molar-refractivity contribution in [2.24, 2.45) is 0 Å². The molecule has 1 unspecified atom stereocenters. The van der Waals surface area contributed by atoms with E-state index in [0.717, 1.165) is 16.0 Å². The predicted octanol–water partition coefficient (Wildman–Crippen LogP) is 3.62. The second kappa shape index (κ2) is 4.41. The Morgan fingerprint density at radius 2 is 2.20 bits per heavy atom. The molecule has 0 aliphatic carbocycles. The summed E-state index contributed by atoms with van der Waals surface area (Å²) in [5.41, 5.74) is 2.32. The molecule has 15 heavy (non-hydrogen) atoms. The van der Waals surface area contributed by atoms with Gasteiger partial charge in [-0.15, -0.1) is 0 Å². The summed E-state index contributed by atoms with van der Waals surface area (Å²) in [5, 5.41) is 0. The van der Waals surface area contributed by atoms with Crippen LogP contribution in [0.15, 0.2) is 24.3 Å². The standard InChI is InChI=1S/C11H14N2S2/c1-8(7-15-2)13-10-6-4-3-5-9(10)12-11(13)14/h3-6,8H,7H2,1-2H3,(H,12,14). The number of benzene rings is 1. The smallest absolute Gasteiger partial charge is 0.178 e. The van der Waals surface area contributed by atoms with E-state index in [1.807, 2.05) is 23.9 Å². The topological polar surface area (TPSA) is 20.7 Å². The van der Waals surface area contributed by atoms with E-state index in [4.69, 9.17) is 12.2 Å². The van der Waals surface area contributed by atoms with Gasteiger partial charge in [-0.1, -0.05) is 12.1 Å². The lowest BCUT2D eigenvalue weighted by atomic mass is 10.3. The fourth-order valence-corrected chi connectivity index (χ4v) is 2.85. The van der Waals surface area contributed by atoms with Gasteiger partial charge in [0.2, 0.25) is 0 Å². The zero-order valence-corrected chi connectivity index (χ0v) is 10.5. The molecule has 4 heteroatoms. The summed E-state index contributed by atoms with van der Waals surface area (Å²) in [6.07, 6.45) is 2.12. The zero-order chi connectivity index (χ0) is 10.8. The Morgan fingerprint density at radius 1 is 1.47 bits per heavy atom. The number of para-hydroxylation sites is 2. The summed E-state index contributed by atoms with van der Waals surface area (Å²) in [7, 11) is 0. The predicted molar refractivity (Wildman–Crippen MR) is 70.2 cm³/mol. The summed E-state index contributed by atoms with van der Waals surface area (Å²) in [6, 6.07) is 8.68. The number of aromatic nitrogens is 2. The maximum atomic E-state index is 5.34. The molecular formula is C11H14N2S2. The number of hydrogen-bond acceptors (Lipinski definition) is 2. The SMILES string of the molecule is CSCC(C)n1c(=S)[nH]c2ccccc21. The molecule has 2 nitrogen and oxygen atoms in total. The number of thioether (sulfide) groups is 1. The Bertz CT molecular complexity index is 513. The van der Waals surface area contributed by atoms with Crippen LogP contribution in [0.2, 0.25) is 0 Å². The highest BCUT2D eigenvalue weighted by Crippen LogP contribution is 2.20. The number of H-pyrrole nitrogens is 1. The van der Waals surface area contributed by atoms with Gasteiger partial charge < -0.3 is 9.55 Å². The van der Waals surface area contributed by atoms with Crippen molar-refractivity contribution in [2.45, 2.75) is 13.0 Å². The molecular weight excluding hydrogens is 224 g/mol. The van der Waals surface area contributed by atoms with Gasteiger partial charge in [0.15, 0.2) is 4.77 Å². The molecule has 0 spiro atoms. The number of imidazole rings is 1. The van der Waals surface area contributed by atoms with Gasteiger partial charge in [0.1, 0.15) is 0 Å². The average Bonchev–Trinajstić information content (AvgIpc) is 2.54. The molecule has 0 saturated carbocycles. The molecule has 2 aromatic rings. The molecule has 1 aromatic carbocycles. The third-order valence-corrected chi connectivity index (χ3v) is 3.59. The first kappa shape index (κ1) is 10.8. The van der Waals surface area contributed by atoms with Crippen LogP contribution in [0.1, 0.15) is 13.0 Å². The highest BCUT2D eigenvalue weighted by Gasteiger charge is 2.09. The number of fused-ring (bicyclic) bond motifs is 1. The van der Waals surface area contributed by atoms with Crippen LogP contribution in [0.5, 0.6) is 0 Å². The maximum absolute atomic E-state index is 5.34. The first-order valence-corrected chi connectivity index (χ1v) is 6.72. The van der Waals surface area contributed by atoms with Gasteiger partial charge in [0.05, 0.1) is 11.0 Å². The monoisotopic (exact) mass is 238 g/mol. The summed E-state index contributed by atoms with van der Waals surface area (Å²) >= 11 is 7.19. The van der Waals surface area contributed by atoms with Crippen LogP contribution < -0.4 is 0 Å². The molecule has 0 aliphatic heterocycles. The van der Waals surface area contributed by atoms with E-state index in [-0.39, 0.29) is 0 Å². The van der Waals surface area contributed by atoms with Crippen molar-refractivity contribution >= 4 is 35.0 Å². The van der Waals surface area contributed by atoms with Crippen LogP contribution in [0.4, 0.5) is 0 Å². The zero-order valence-electron chi connectivity index (χ0n) is 8.86. The number of nitrogens with zero attached hydrogens (tertiary/aromatic N) is 1. The first-order valence-electron chi connectivity index (χ1n) is 4.92. The Balaban J connectivity index is 2.58. The van der Waals surface area contributed by atoms with E-state index < -0.39 is 0 Å². The highest BCUT2D eigenvalue weighted by molar-refractivity contribution is 7.98. The van der Waals surface area contributed by atoms with Crippen molar-refractivity contribution in [2.75, 3.05) is 12.0 Å². The van der Waals surface area contributed by atoms with Crippen LogP contribution in [-0.4, -0.2) is 21.6 Å². The van der Waals surface area contributed by atoms with Gasteiger partial charge >= 0.3 is 0 Å². The molecule has 80 valence electrons. The van der Waals surface area contributed by atoms with Crippen molar-refractivity contribution in [3.63, 3.8) is 0 Å². The lowest BCUT2D eigenvalue weighted by molar-refractivity contribution is 0.620. The van der Waals surface area contributed by atoms with Gasteiger partial charge in [-0.25, -0.2) is 0 Å². The van der Waals surface area contributed by atoms with Crippen molar-refractivity contribution < 1.29 is 0 Å². The van der Waals surface area contributed by atoms with Gasteiger partial charge in [-0.05, 0) is 37.5 Å².